The fourth-order valence-corrected chi connectivity index (χ4v) is 1.50. The Hall–Kier alpha value is -0.570. The van der Waals surface area contributed by atoms with Crippen LogP contribution in [0, 0.1) is 11.8 Å². The van der Waals surface area contributed by atoms with Crippen molar-refractivity contribution in [1.29, 1.82) is 0 Å². The predicted molar refractivity (Wildman–Crippen MR) is 60.7 cm³/mol. The summed E-state index contributed by atoms with van der Waals surface area (Å²) in [6, 6.07) is 0. The molecule has 0 fully saturated rings. The van der Waals surface area contributed by atoms with E-state index < -0.39 is 0 Å². The first-order chi connectivity index (χ1) is 7.11. The second-order valence-electron chi connectivity index (χ2n) is 4.23. The Labute approximate surface area is 93.1 Å². The second-order valence-corrected chi connectivity index (χ2v) is 4.23. The van der Waals surface area contributed by atoms with Crippen molar-refractivity contribution in [2.75, 3.05) is 20.3 Å². The van der Waals surface area contributed by atoms with E-state index in [0.29, 0.717) is 19.1 Å². The highest BCUT2D eigenvalue weighted by atomic mass is 16.5. The molecule has 3 nitrogen and oxygen atoms in total. The normalized spacial score (nSPS) is 12.9. The van der Waals surface area contributed by atoms with Gasteiger partial charge in [-0.2, -0.15) is 0 Å². The van der Waals surface area contributed by atoms with Gasteiger partial charge in [0.2, 0.25) is 0 Å². The summed E-state index contributed by atoms with van der Waals surface area (Å²) >= 11 is 0. The van der Waals surface area contributed by atoms with Crippen LogP contribution in [0.3, 0.4) is 0 Å². The molecule has 90 valence electrons. The van der Waals surface area contributed by atoms with Gasteiger partial charge in [0.05, 0.1) is 19.1 Å². The van der Waals surface area contributed by atoms with Gasteiger partial charge in [0.1, 0.15) is 0 Å². The summed E-state index contributed by atoms with van der Waals surface area (Å²) in [5.74, 6) is 0.479. The fraction of sp³-hybridized carbons (Fsp3) is 0.917. The van der Waals surface area contributed by atoms with Crippen LogP contribution in [-0.2, 0) is 14.3 Å². The lowest BCUT2D eigenvalue weighted by atomic mass is 9.99. The Kier molecular flexibility index (Phi) is 8.38. The van der Waals surface area contributed by atoms with Crippen molar-refractivity contribution in [3.05, 3.63) is 0 Å². The SMILES string of the molecule is CCOC(=O)C(CCCC(C)C)COC. The van der Waals surface area contributed by atoms with Crippen molar-refractivity contribution in [3.8, 4) is 0 Å². The number of carbonyl (C=O) groups excluding carboxylic acids is 1. The van der Waals surface area contributed by atoms with Crippen LogP contribution in [0.4, 0.5) is 0 Å². The highest BCUT2D eigenvalue weighted by molar-refractivity contribution is 5.72. The van der Waals surface area contributed by atoms with Crippen LogP contribution in [0.15, 0.2) is 0 Å². The Morgan fingerprint density at radius 3 is 2.40 bits per heavy atom. The van der Waals surface area contributed by atoms with E-state index in [4.69, 9.17) is 9.47 Å². The first kappa shape index (κ1) is 14.4. The van der Waals surface area contributed by atoms with Crippen molar-refractivity contribution in [1.82, 2.24) is 0 Å². The second kappa shape index (κ2) is 8.72. The number of carbonyl (C=O) groups is 1. The van der Waals surface area contributed by atoms with Crippen LogP contribution in [0.5, 0.6) is 0 Å². The van der Waals surface area contributed by atoms with Crippen LogP contribution in [0.1, 0.15) is 40.0 Å². The van der Waals surface area contributed by atoms with Gasteiger partial charge in [0, 0.05) is 7.11 Å². The smallest absolute Gasteiger partial charge is 0.311 e. The van der Waals surface area contributed by atoms with Crippen LogP contribution in [0.2, 0.25) is 0 Å². The highest BCUT2D eigenvalue weighted by Gasteiger charge is 2.19. The monoisotopic (exact) mass is 216 g/mol. The molecule has 3 heteroatoms. The van der Waals surface area contributed by atoms with Crippen molar-refractivity contribution >= 4 is 5.97 Å². The van der Waals surface area contributed by atoms with Gasteiger partial charge < -0.3 is 9.47 Å². The van der Waals surface area contributed by atoms with E-state index in [9.17, 15) is 4.79 Å². The lowest BCUT2D eigenvalue weighted by Gasteiger charge is -2.14. The summed E-state index contributed by atoms with van der Waals surface area (Å²) in [6.45, 7) is 7.13. The average Bonchev–Trinajstić information content (AvgIpc) is 2.16. The largest absolute Gasteiger partial charge is 0.466 e. The maximum atomic E-state index is 11.5. The standard InChI is InChI=1S/C12H24O3/c1-5-15-12(13)11(9-14-4)8-6-7-10(2)3/h10-11H,5-9H2,1-4H3. The van der Waals surface area contributed by atoms with Crippen LogP contribution in [0.25, 0.3) is 0 Å². The third-order valence-electron chi connectivity index (χ3n) is 2.32. The highest BCUT2D eigenvalue weighted by Crippen LogP contribution is 2.14. The number of ether oxygens (including phenoxy) is 2. The zero-order valence-corrected chi connectivity index (χ0v) is 10.4. The van der Waals surface area contributed by atoms with E-state index in [1.54, 1.807) is 7.11 Å². The van der Waals surface area contributed by atoms with Gasteiger partial charge in [-0.15, -0.1) is 0 Å². The molecule has 0 aliphatic carbocycles. The molecular formula is C12H24O3. The predicted octanol–water partition coefficient (Wildman–Crippen LogP) is 2.64. The lowest BCUT2D eigenvalue weighted by Crippen LogP contribution is -2.22. The van der Waals surface area contributed by atoms with Crippen molar-refractivity contribution in [2.24, 2.45) is 11.8 Å². The zero-order chi connectivity index (χ0) is 11.7. The Bertz CT molecular complexity index is 166. The summed E-state index contributed by atoms with van der Waals surface area (Å²) in [7, 11) is 1.62. The van der Waals surface area contributed by atoms with Crippen molar-refractivity contribution in [2.45, 2.75) is 40.0 Å². The summed E-state index contributed by atoms with van der Waals surface area (Å²) < 4.78 is 10.0. The molecule has 0 rings (SSSR count). The molecule has 0 saturated carbocycles. The van der Waals surface area contributed by atoms with Crippen molar-refractivity contribution < 1.29 is 14.3 Å². The van der Waals surface area contributed by atoms with Crippen LogP contribution in [-0.4, -0.2) is 26.3 Å². The third-order valence-corrected chi connectivity index (χ3v) is 2.32. The molecule has 0 heterocycles. The molecule has 15 heavy (non-hydrogen) atoms. The Balaban J connectivity index is 3.87. The molecule has 1 atom stereocenters. The zero-order valence-electron chi connectivity index (χ0n) is 10.4. The molecule has 0 aromatic carbocycles. The van der Waals surface area contributed by atoms with E-state index >= 15 is 0 Å². The molecule has 1 unspecified atom stereocenters. The minimum atomic E-state index is -0.122. The van der Waals surface area contributed by atoms with E-state index in [2.05, 4.69) is 13.8 Å². The Morgan fingerprint density at radius 2 is 1.93 bits per heavy atom. The van der Waals surface area contributed by atoms with E-state index in [1.807, 2.05) is 6.92 Å². The molecule has 0 aromatic heterocycles. The lowest BCUT2D eigenvalue weighted by molar-refractivity contribution is -0.150. The van der Waals surface area contributed by atoms with Gasteiger partial charge in [0.15, 0.2) is 0 Å². The minimum Gasteiger partial charge on any atom is -0.466 e. The number of methoxy groups -OCH3 is 1. The van der Waals surface area contributed by atoms with Crippen molar-refractivity contribution in [3.63, 3.8) is 0 Å². The van der Waals surface area contributed by atoms with E-state index in [0.717, 1.165) is 19.3 Å². The van der Waals surface area contributed by atoms with Gasteiger partial charge in [-0.1, -0.05) is 26.7 Å². The molecule has 0 spiro atoms. The number of esters is 1. The molecule has 0 radical (unpaired) electrons. The Morgan fingerprint density at radius 1 is 1.27 bits per heavy atom. The third kappa shape index (κ3) is 7.37. The first-order valence-electron chi connectivity index (χ1n) is 5.77. The maximum Gasteiger partial charge on any atom is 0.311 e. The molecule has 0 aliphatic heterocycles. The van der Waals surface area contributed by atoms with Gasteiger partial charge in [-0.25, -0.2) is 0 Å². The molecule has 0 N–H and O–H groups in total. The van der Waals surface area contributed by atoms with Gasteiger partial charge in [-0.3, -0.25) is 4.79 Å². The summed E-state index contributed by atoms with van der Waals surface area (Å²) in [6.07, 6.45) is 3.08. The first-order valence-corrected chi connectivity index (χ1v) is 5.77. The molecule has 0 bridgehead atoms. The number of hydrogen-bond acceptors (Lipinski definition) is 3. The molecule has 0 aliphatic rings. The van der Waals surface area contributed by atoms with Gasteiger partial charge in [-0.05, 0) is 19.3 Å². The van der Waals surface area contributed by atoms with Crippen LogP contribution >= 0.6 is 0 Å². The molecular weight excluding hydrogens is 192 g/mol. The number of rotatable bonds is 8. The van der Waals surface area contributed by atoms with Gasteiger partial charge >= 0.3 is 5.97 Å². The maximum absolute atomic E-state index is 11.5. The summed E-state index contributed by atoms with van der Waals surface area (Å²) in [4.78, 5) is 11.5. The van der Waals surface area contributed by atoms with Gasteiger partial charge in [0.25, 0.3) is 0 Å². The molecule has 0 amide bonds. The van der Waals surface area contributed by atoms with E-state index in [-0.39, 0.29) is 11.9 Å². The molecule has 0 aromatic rings. The van der Waals surface area contributed by atoms with E-state index in [1.165, 1.54) is 0 Å². The van der Waals surface area contributed by atoms with Crippen LogP contribution < -0.4 is 0 Å². The quantitative estimate of drug-likeness (QED) is 0.585. The average molecular weight is 216 g/mol. The topological polar surface area (TPSA) is 35.5 Å². The summed E-state index contributed by atoms with van der Waals surface area (Å²) in [5.41, 5.74) is 0. The molecule has 0 saturated heterocycles. The fourth-order valence-electron chi connectivity index (χ4n) is 1.50. The summed E-state index contributed by atoms with van der Waals surface area (Å²) in [5, 5.41) is 0. The minimum absolute atomic E-state index is 0.0892. The number of hydrogen-bond donors (Lipinski definition) is 0.